The topological polar surface area (TPSA) is 29.5 Å². The molecule has 0 radical (unpaired) electrons. The van der Waals surface area contributed by atoms with Gasteiger partial charge in [-0.15, -0.1) is 0 Å². The van der Waals surface area contributed by atoms with Crippen molar-refractivity contribution in [3.8, 4) is 0 Å². The fraction of sp³-hybridized carbons (Fsp3) is 0.958. The van der Waals surface area contributed by atoms with Crippen molar-refractivity contribution in [1.82, 2.24) is 4.90 Å². The van der Waals surface area contributed by atoms with E-state index in [9.17, 15) is 4.79 Å². The number of nitrogens with zero attached hydrogens (tertiary/aromatic N) is 1. The summed E-state index contributed by atoms with van der Waals surface area (Å²) in [7, 11) is 0. The molecule has 0 atom stereocenters. The molecule has 0 N–H and O–H groups in total. The first-order chi connectivity index (χ1) is 13.3. The first-order valence-corrected chi connectivity index (χ1v) is 12.2. The van der Waals surface area contributed by atoms with E-state index >= 15 is 0 Å². The Kier molecular flexibility index (Phi) is 15.9. The minimum atomic E-state index is 0.0219. The minimum absolute atomic E-state index is 0.0219. The van der Waals surface area contributed by atoms with Gasteiger partial charge in [-0.2, -0.15) is 0 Å². The van der Waals surface area contributed by atoms with E-state index in [-0.39, 0.29) is 11.9 Å². The molecule has 1 aliphatic rings. The Morgan fingerprint density at radius 3 is 1.63 bits per heavy atom. The van der Waals surface area contributed by atoms with E-state index in [0.717, 1.165) is 25.9 Å². The molecule has 3 nitrogen and oxygen atoms in total. The van der Waals surface area contributed by atoms with Crippen molar-refractivity contribution in [3.63, 3.8) is 0 Å². The van der Waals surface area contributed by atoms with Gasteiger partial charge in [0.1, 0.15) is 0 Å². The number of carbonyl (C=O) groups excluding carboxylic acids is 1. The zero-order chi connectivity index (χ0) is 19.6. The van der Waals surface area contributed by atoms with E-state index in [1.54, 1.807) is 0 Å². The summed E-state index contributed by atoms with van der Waals surface area (Å²) in [4.78, 5) is 14.3. The molecule has 1 heterocycles. The molecule has 1 aliphatic heterocycles. The maximum Gasteiger partial charge on any atom is 0.309 e. The second-order valence-electron chi connectivity index (χ2n) is 8.46. The summed E-state index contributed by atoms with van der Waals surface area (Å²) >= 11 is 0. The van der Waals surface area contributed by atoms with Gasteiger partial charge < -0.3 is 9.64 Å². The van der Waals surface area contributed by atoms with Gasteiger partial charge in [-0.1, -0.05) is 90.4 Å². The lowest BCUT2D eigenvalue weighted by molar-refractivity contribution is -0.149. The molecule has 3 heteroatoms. The molecule has 0 bridgehead atoms. The third kappa shape index (κ3) is 13.3. The standard InChI is InChI=1S/C24H47NO2/c1-3-5-6-7-8-9-10-11-12-13-14-15-16-17-20-25-21-18-23(19-22-25)24(26)27-4-2/h23H,3-22H2,1-2H3. The van der Waals surface area contributed by atoms with Crippen LogP contribution in [-0.2, 0) is 9.53 Å². The van der Waals surface area contributed by atoms with Crippen LogP contribution in [0.15, 0.2) is 0 Å². The van der Waals surface area contributed by atoms with E-state index < -0.39 is 0 Å². The maximum atomic E-state index is 11.8. The average Bonchev–Trinajstić information content (AvgIpc) is 2.69. The van der Waals surface area contributed by atoms with Crippen molar-refractivity contribution in [2.75, 3.05) is 26.2 Å². The van der Waals surface area contributed by atoms with Crippen molar-refractivity contribution in [1.29, 1.82) is 0 Å². The van der Waals surface area contributed by atoms with Crippen LogP contribution in [0.1, 0.15) is 117 Å². The van der Waals surface area contributed by atoms with Gasteiger partial charge in [0.25, 0.3) is 0 Å². The summed E-state index contributed by atoms with van der Waals surface area (Å²) in [5.74, 6) is 0.172. The van der Waals surface area contributed by atoms with Gasteiger partial charge in [0.15, 0.2) is 0 Å². The number of piperidine rings is 1. The Morgan fingerprint density at radius 2 is 1.19 bits per heavy atom. The van der Waals surface area contributed by atoms with Gasteiger partial charge >= 0.3 is 5.97 Å². The van der Waals surface area contributed by atoms with Crippen LogP contribution in [0.5, 0.6) is 0 Å². The number of carbonyl (C=O) groups is 1. The van der Waals surface area contributed by atoms with Crippen molar-refractivity contribution in [2.24, 2.45) is 5.92 Å². The third-order valence-electron chi connectivity index (χ3n) is 6.04. The zero-order valence-corrected chi connectivity index (χ0v) is 18.5. The Balaban J connectivity index is 1.80. The van der Waals surface area contributed by atoms with Gasteiger partial charge in [0, 0.05) is 0 Å². The van der Waals surface area contributed by atoms with Gasteiger partial charge in [0.2, 0.25) is 0 Å². The molecule has 1 fully saturated rings. The molecular formula is C24H47NO2. The second-order valence-corrected chi connectivity index (χ2v) is 8.46. The number of rotatable bonds is 17. The normalized spacial score (nSPS) is 15.9. The summed E-state index contributed by atoms with van der Waals surface area (Å²) in [6.07, 6.45) is 21.8. The first-order valence-electron chi connectivity index (χ1n) is 12.2. The Bertz CT molecular complexity index is 337. The van der Waals surface area contributed by atoms with Crippen LogP contribution in [0.3, 0.4) is 0 Å². The third-order valence-corrected chi connectivity index (χ3v) is 6.04. The van der Waals surface area contributed by atoms with Crippen LogP contribution in [0.25, 0.3) is 0 Å². The maximum absolute atomic E-state index is 11.8. The van der Waals surface area contributed by atoms with Gasteiger partial charge in [-0.25, -0.2) is 0 Å². The van der Waals surface area contributed by atoms with Gasteiger partial charge in [-0.3, -0.25) is 4.79 Å². The molecule has 1 saturated heterocycles. The van der Waals surface area contributed by atoms with Crippen molar-refractivity contribution in [3.05, 3.63) is 0 Å². The predicted octanol–water partition coefficient (Wildman–Crippen LogP) is 6.74. The molecule has 1 rings (SSSR count). The molecule has 0 aromatic heterocycles. The summed E-state index contributed by atoms with van der Waals surface area (Å²) in [6.45, 7) is 8.05. The fourth-order valence-electron chi connectivity index (χ4n) is 4.18. The summed E-state index contributed by atoms with van der Waals surface area (Å²) in [6, 6.07) is 0. The van der Waals surface area contributed by atoms with Crippen LogP contribution in [0, 0.1) is 5.92 Å². The predicted molar refractivity (Wildman–Crippen MR) is 116 cm³/mol. The highest BCUT2D eigenvalue weighted by atomic mass is 16.5. The molecule has 27 heavy (non-hydrogen) atoms. The van der Waals surface area contributed by atoms with Crippen molar-refractivity contribution < 1.29 is 9.53 Å². The molecule has 0 aliphatic carbocycles. The van der Waals surface area contributed by atoms with E-state index in [1.807, 2.05) is 6.92 Å². The number of hydrogen-bond donors (Lipinski definition) is 0. The molecule has 0 unspecified atom stereocenters. The zero-order valence-electron chi connectivity index (χ0n) is 18.5. The molecule has 160 valence electrons. The van der Waals surface area contributed by atoms with Crippen molar-refractivity contribution in [2.45, 2.75) is 117 Å². The molecule has 0 aromatic carbocycles. The highest BCUT2D eigenvalue weighted by Crippen LogP contribution is 2.19. The number of hydrogen-bond acceptors (Lipinski definition) is 3. The van der Waals surface area contributed by atoms with Crippen LogP contribution in [0.2, 0.25) is 0 Å². The van der Waals surface area contributed by atoms with Crippen LogP contribution in [0.4, 0.5) is 0 Å². The second kappa shape index (κ2) is 17.5. The summed E-state index contributed by atoms with van der Waals surface area (Å²) < 4.78 is 5.15. The largest absolute Gasteiger partial charge is 0.466 e. The highest BCUT2D eigenvalue weighted by molar-refractivity contribution is 5.72. The quantitative estimate of drug-likeness (QED) is 0.206. The lowest BCUT2D eigenvalue weighted by atomic mass is 9.97. The molecule has 0 aromatic rings. The SMILES string of the molecule is CCCCCCCCCCCCCCCCN1CCC(C(=O)OCC)CC1. The smallest absolute Gasteiger partial charge is 0.309 e. The minimum Gasteiger partial charge on any atom is -0.466 e. The number of unbranched alkanes of at least 4 members (excludes halogenated alkanes) is 13. The lowest BCUT2D eigenvalue weighted by Crippen LogP contribution is -2.37. The summed E-state index contributed by atoms with van der Waals surface area (Å²) in [5.41, 5.74) is 0. The van der Waals surface area contributed by atoms with Crippen molar-refractivity contribution >= 4 is 5.97 Å². The number of esters is 1. The van der Waals surface area contributed by atoms with E-state index in [0.29, 0.717) is 6.61 Å². The van der Waals surface area contributed by atoms with E-state index in [1.165, 1.54) is 96.4 Å². The van der Waals surface area contributed by atoms with Crippen LogP contribution in [-0.4, -0.2) is 37.1 Å². The first kappa shape index (κ1) is 24.5. The number of likely N-dealkylation sites (tertiary alicyclic amines) is 1. The van der Waals surface area contributed by atoms with Crippen LogP contribution >= 0.6 is 0 Å². The Hall–Kier alpha value is -0.570. The Labute approximate surface area is 169 Å². The van der Waals surface area contributed by atoms with Gasteiger partial charge in [0.05, 0.1) is 12.5 Å². The molecule has 0 amide bonds. The lowest BCUT2D eigenvalue weighted by Gasteiger charge is -2.30. The number of ether oxygens (including phenoxy) is 1. The van der Waals surface area contributed by atoms with Crippen LogP contribution < -0.4 is 0 Å². The molecule has 0 spiro atoms. The molecular weight excluding hydrogens is 334 g/mol. The monoisotopic (exact) mass is 381 g/mol. The van der Waals surface area contributed by atoms with Gasteiger partial charge in [-0.05, 0) is 45.8 Å². The van der Waals surface area contributed by atoms with E-state index in [4.69, 9.17) is 4.74 Å². The Morgan fingerprint density at radius 1 is 0.741 bits per heavy atom. The highest BCUT2D eigenvalue weighted by Gasteiger charge is 2.25. The van der Waals surface area contributed by atoms with E-state index in [2.05, 4.69) is 11.8 Å². The fourth-order valence-corrected chi connectivity index (χ4v) is 4.18. The molecule has 0 saturated carbocycles. The average molecular weight is 382 g/mol. The summed E-state index contributed by atoms with van der Waals surface area (Å²) in [5, 5.41) is 0.